The average Bonchev–Trinajstić information content (AvgIpc) is 2.22. The Morgan fingerprint density at radius 2 is 2.27 bits per heavy atom. The molecule has 1 heterocycles. The van der Waals surface area contributed by atoms with Crippen molar-refractivity contribution in [2.45, 2.75) is 19.4 Å². The van der Waals surface area contributed by atoms with E-state index >= 15 is 0 Å². The Morgan fingerprint density at radius 3 is 2.47 bits per heavy atom. The van der Waals surface area contributed by atoms with Crippen molar-refractivity contribution in [3.8, 4) is 0 Å². The number of aliphatic carboxylic acids is 1. The first kappa shape index (κ1) is 14.0. The van der Waals surface area contributed by atoms with Crippen LogP contribution in [0.5, 0.6) is 0 Å². The van der Waals surface area contributed by atoms with Gasteiger partial charge in [0.25, 0.3) is 0 Å². The molecule has 1 atom stereocenters. The van der Waals surface area contributed by atoms with E-state index < -0.39 is 12.0 Å². The molecular weight excluding hydrogens is 243 g/mol. The topological polar surface area (TPSA) is 102 Å². The Kier molecular flexibility index (Phi) is 6.85. The number of nitrogens with zero attached hydrogens (tertiary/aromatic N) is 3. The number of nitrogens with two attached hydrogens (primary N) is 1. The highest BCUT2D eigenvalue weighted by Crippen LogP contribution is 2.13. The largest absolute Gasteiger partial charge is 0.480 e. The van der Waals surface area contributed by atoms with Gasteiger partial charge >= 0.3 is 5.97 Å². The molecule has 0 spiro atoms. The normalized spacial score (nSPS) is 11.2. The molecule has 0 aromatic carbocycles. The Morgan fingerprint density at radius 1 is 1.67 bits per heavy atom. The van der Waals surface area contributed by atoms with Gasteiger partial charge in [-0.05, 0) is 11.6 Å². The van der Waals surface area contributed by atoms with Gasteiger partial charge in [0.2, 0.25) is 0 Å². The summed E-state index contributed by atoms with van der Waals surface area (Å²) in [5, 5.41) is 18.5. The van der Waals surface area contributed by atoms with Crippen LogP contribution in [-0.2, 0) is 4.79 Å². The number of hydrogen-bond acceptors (Lipinski definition) is 5. The average molecular weight is 253 g/mol. The Labute approximate surface area is 96.4 Å². The minimum atomic E-state index is -0.928. The first-order valence-electron chi connectivity index (χ1n) is 3.96. The summed E-state index contributed by atoms with van der Waals surface area (Å²) in [4.78, 5) is 9.81. The zero-order valence-electron chi connectivity index (χ0n) is 7.89. The van der Waals surface area contributed by atoms with Crippen molar-refractivity contribution in [1.29, 1.82) is 0 Å². The predicted molar refractivity (Wildman–Crippen MR) is 55.7 cm³/mol. The van der Waals surface area contributed by atoms with Gasteiger partial charge in [-0.3, -0.25) is 4.79 Å². The van der Waals surface area contributed by atoms with Crippen LogP contribution in [0.15, 0.2) is 6.20 Å². The number of carboxylic acid groups (broad SMARTS) is 1. The van der Waals surface area contributed by atoms with E-state index in [2.05, 4.69) is 15.4 Å². The summed E-state index contributed by atoms with van der Waals surface area (Å²) in [6.45, 7) is 1.73. The summed E-state index contributed by atoms with van der Waals surface area (Å²) in [7, 11) is 0. The lowest BCUT2D eigenvalue weighted by atomic mass is 10.2. The highest BCUT2D eigenvalue weighted by atomic mass is 35.5. The Bertz CT molecular complexity index is 303. The molecule has 0 aliphatic heterocycles. The third kappa shape index (κ3) is 6.16. The van der Waals surface area contributed by atoms with Crippen LogP contribution in [0.2, 0.25) is 10.2 Å². The summed E-state index contributed by atoms with van der Waals surface area (Å²) in [6, 6.07) is -0.681. The first-order chi connectivity index (χ1) is 6.99. The second kappa shape index (κ2) is 7.33. The van der Waals surface area contributed by atoms with Crippen LogP contribution in [0.1, 0.15) is 13.3 Å². The van der Waals surface area contributed by atoms with Crippen LogP contribution in [-0.4, -0.2) is 32.5 Å². The van der Waals surface area contributed by atoms with Gasteiger partial charge in [0, 0.05) is 0 Å². The third-order valence-corrected chi connectivity index (χ3v) is 1.96. The summed E-state index contributed by atoms with van der Waals surface area (Å²) in [6.07, 6.45) is 1.83. The van der Waals surface area contributed by atoms with Crippen molar-refractivity contribution >= 4 is 29.2 Å². The molecule has 1 unspecified atom stereocenters. The van der Waals surface area contributed by atoms with Gasteiger partial charge in [0.05, 0.1) is 6.20 Å². The van der Waals surface area contributed by atoms with Crippen molar-refractivity contribution < 1.29 is 9.90 Å². The van der Waals surface area contributed by atoms with E-state index in [9.17, 15) is 4.79 Å². The summed E-state index contributed by atoms with van der Waals surface area (Å²) < 4.78 is 0. The van der Waals surface area contributed by atoms with Gasteiger partial charge in [0.15, 0.2) is 5.15 Å². The second-order valence-electron chi connectivity index (χ2n) is 2.43. The van der Waals surface area contributed by atoms with E-state index in [1.807, 2.05) is 0 Å². The van der Waals surface area contributed by atoms with E-state index in [0.29, 0.717) is 11.4 Å². The van der Waals surface area contributed by atoms with Gasteiger partial charge in [-0.1, -0.05) is 30.1 Å². The maximum absolute atomic E-state index is 9.81. The molecule has 0 aliphatic rings. The molecule has 0 saturated carbocycles. The van der Waals surface area contributed by atoms with Gasteiger partial charge in [-0.15, -0.1) is 10.2 Å². The molecule has 3 N–H and O–H groups in total. The van der Waals surface area contributed by atoms with Gasteiger partial charge in [0.1, 0.15) is 11.1 Å². The summed E-state index contributed by atoms with van der Waals surface area (Å²) in [5.41, 5.74) is 5.02. The van der Waals surface area contributed by atoms with Crippen molar-refractivity contribution in [3.05, 3.63) is 16.4 Å². The quantitative estimate of drug-likeness (QED) is 0.814. The molecule has 0 amide bonds. The third-order valence-electron chi connectivity index (χ3n) is 1.31. The van der Waals surface area contributed by atoms with Crippen molar-refractivity contribution in [1.82, 2.24) is 15.4 Å². The molecule has 0 bridgehead atoms. The van der Waals surface area contributed by atoms with E-state index in [4.69, 9.17) is 34.0 Å². The molecule has 84 valence electrons. The van der Waals surface area contributed by atoms with Crippen molar-refractivity contribution in [2.75, 3.05) is 0 Å². The number of aromatic nitrogens is 3. The van der Waals surface area contributed by atoms with Gasteiger partial charge in [-0.2, -0.15) is 0 Å². The number of halogens is 2. The second-order valence-corrected chi connectivity index (χ2v) is 3.19. The first-order valence-corrected chi connectivity index (χ1v) is 4.72. The molecule has 15 heavy (non-hydrogen) atoms. The number of hydrogen-bond donors (Lipinski definition) is 2. The lowest BCUT2D eigenvalue weighted by Crippen LogP contribution is -2.28. The fourth-order valence-electron chi connectivity index (χ4n) is 0.417. The maximum atomic E-state index is 9.81. The lowest BCUT2D eigenvalue weighted by Gasteiger charge is -1.97. The summed E-state index contributed by atoms with van der Waals surface area (Å²) >= 11 is 10.8. The van der Waals surface area contributed by atoms with Crippen LogP contribution in [0.3, 0.4) is 0 Å². The minimum absolute atomic E-state index is 0.182. The highest BCUT2D eigenvalue weighted by molar-refractivity contribution is 6.40. The number of rotatable bonds is 2. The van der Waals surface area contributed by atoms with Crippen LogP contribution in [0, 0.1) is 0 Å². The van der Waals surface area contributed by atoms with E-state index in [1.54, 1.807) is 6.92 Å². The standard InChI is InChI=1S/C4H9NO2.C3HCl2N3/c1-2-3(5)4(6)7;4-2-1-6-8-7-3(2)5/h3H,2,5H2,1H3,(H,6,7);1H. The molecule has 0 aliphatic carbocycles. The van der Waals surface area contributed by atoms with Crippen molar-refractivity contribution in [2.24, 2.45) is 5.73 Å². The molecule has 6 nitrogen and oxygen atoms in total. The lowest BCUT2D eigenvalue weighted by molar-refractivity contribution is -0.138. The number of carbonyl (C=O) groups is 1. The van der Waals surface area contributed by atoms with Crippen LogP contribution < -0.4 is 5.73 Å². The SMILES string of the molecule is CCC(N)C(=O)O.Clc1cnnnc1Cl. The zero-order chi connectivity index (χ0) is 11.8. The predicted octanol–water partition coefficient (Wildman–Crippen LogP) is 0.987. The van der Waals surface area contributed by atoms with Crippen LogP contribution in [0.4, 0.5) is 0 Å². The fourth-order valence-corrected chi connectivity index (χ4v) is 0.581. The summed E-state index contributed by atoms with van der Waals surface area (Å²) in [5.74, 6) is -0.928. The van der Waals surface area contributed by atoms with Crippen molar-refractivity contribution in [3.63, 3.8) is 0 Å². The molecule has 8 heteroatoms. The van der Waals surface area contributed by atoms with E-state index in [-0.39, 0.29) is 5.15 Å². The van der Waals surface area contributed by atoms with Gasteiger partial charge < -0.3 is 10.8 Å². The Hall–Kier alpha value is -0.980. The minimum Gasteiger partial charge on any atom is -0.480 e. The smallest absolute Gasteiger partial charge is 0.320 e. The molecule has 1 aromatic heterocycles. The molecule has 1 rings (SSSR count). The highest BCUT2D eigenvalue weighted by Gasteiger charge is 2.05. The molecule has 0 saturated heterocycles. The van der Waals surface area contributed by atoms with Crippen LogP contribution >= 0.6 is 23.2 Å². The van der Waals surface area contributed by atoms with E-state index in [1.165, 1.54) is 6.20 Å². The van der Waals surface area contributed by atoms with E-state index in [0.717, 1.165) is 0 Å². The monoisotopic (exact) mass is 252 g/mol. The maximum Gasteiger partial charge on any atom is 0.320 e. The fraction of sp³-hybridized carbons (Fsp3) is 0.429. The number of carboxylic acids is 1. The Balaban J connectivity index is 0.000000265. The zero-order valence-corrected chi connectivity index (χ0v) is 9.40. The molecule has 0 fully saturated rings. The van der Waals surface area contributed by atoms with Gasteiger partial charge in [-0.25, -0.2) is 0 Å². The molecule has 1 aromatic rings. The molecule has 0 radical (unpaired) electrons. The molecular formula is C7H10Cl2N4O2. The van der Waals surface area contributed by atoms with Crippen LogP contribution in [0.25, 0.3) is 0 Å².